The Kier molecular flexibility index (Phi) is 5.93. The van der Waals surface area contributed by atoms with Crippen molar-refractivity contribution in [3.8, 4) is 0 Å². The molecule has 1 aliphatic rings. The van der Waals surface area contributed by atoms with E-state index in [1.165, 1.54) is 11.1 Å². The summed E-state index contributed by atoms with van der Waals surface area (Å²) in [6.45, 7) is 4.85. The van der Waals surface area contributed by atoms with Gasteiger partial charge in [-0.25, -0.2) is 4.79 Å². The molecule has 1 fully saturated rings. The zero-order chi connectivity index (χ0) is 21.9. The lowest BCUT2D eigenvalue weighted by Gasteiger charge is -2.42. The van der Waals surface area contributed by atoms with E-state index in [4.69, 9.17) is 0 Å². The fraction of sp³-hybridized carbons (Fsp3) is 0.296. The third-order valence-corrected chi connectivity index (χ3v) is 6.67. The smallest absolute Gasteiger partial charge is 0.310 e. The third kappa shape index (κ3) is 3.90. The average Bonchev–Trinajstić information content (AvgIpc) is 3.17. The molecule has 1 aromatic heterocycles. The van der Waals surface area contributed by atoms with Gasteiger partial charge in [-0.3, -0.25) is 9.47 Å². The van der Waals surface area contributed by atoms with Crippen molar-refractivity contribution < 1.29 is 0 Å². The van der Waals surface area contributed by atoms with Crippen molar-refractivity contribution in [2.45, 2.75) is 31.5 Å². The number of fused-ring (bicyclic) bond motifs is 1. The second-order valence-electron chi connectivity index (χ2n) is 8.56. The molecule has 0 spiro atoms. The van der Waals surface area contributed by atoms with Crippen molar-refractivity contribution >= 4 is 11.0 Å². The molecule has 0 amide bonds. The minimum Gasteiger partial charge on any atom is -0.310 e. The van der Waals surface area contributed by atoms with Gasteiger partial charge < -0.3 is 10.3 Å². The molecule has 4 aromatic rings. The lowest BCUT2D eigenvalue weighted by Crippen LogP contribution is -2.55. The Morgan fingerprint density at radius 3 is 2.19 bits per heavy atom. The Hall–Kier alpha value is -3.15. The molecular weight excluding hydrogens is 396 g/mol. The number of hydrogen-bond donors (Lipinski definition) is 2. The van der Waals surface area contributed by atoms with Gasteiger partial charge in [0.25, 0.3) is 0 Å². The normalized spacial score (nSPS) is 18.2. The van der Waals surface area contributed by atoms with E-state index in [-0.39, 0.29) is 23.8 Å². The summed E-state index contributed by atoms with van der Waals surface area (Å²) in [6, 6.07) is 29.7. The van der Waals surface area contributed by atoms with E-state index in [0.717, 1.165) is 37.1 Å². The molecule has 2 atom stereocenters. The van der Waals surface area contributed by atoms with E-state index in [9.17, 15) is 4.79 Å². The van der Waals surface area contributed by atoms with Gasteiger partial charge in [-0.1, -0.05) is 79.7 Å². The summed E-state index contributed by atoms with van der Waals surface area (Å²) in [4.78, 5) is 18.4. The quantitative estimate of drug-likeness (QED) is 0.482. The zero-order valence-corrected chi connectivity index (χ0v) is 18.4. The highest BCUT2D eigenvalue weighted by Crippen LogP contribution is 2.31. The first-order valence-corrected chi connectivity index (χ1v) is 11.5. The Bertz CT molecular complexity index is 1180. The van der Waals surface area contributed by atoms with Crippen molar-refractivity contribution in [1.29, 1.82) is 0 Å². The van der Waals surface area contributed by atoms with Crippen LogP contribution in [0, 0.1) is 0 Å². The number of para-hydroxylation sites is 2. The molecule has 2 N–H and O–H groups in total. The lowest BCUT2D eigenvalue weighted by molar-refractivity contribution is 0.0916. The van der Waals surface area contributed by atoms with Crippen molar-refractivity contribution in [1.82, 2.24) is 19.8 Å². The van der Waals surface area contributed by atoms with Crippen molar-refractivity contribution in [3.63, 3.8) is 0 Å². The van der Waals surface area contributed by atoms with Crippen LogP contribution in [0.2, 0.25) is 0 Å². The Balaban J connectivity index is 1.49. The van der Waals surface area contributed by atoms with E-state index >= 15 is 0 Å². The number of rotatable bonds is 6. The number of piperazine rings is 1. The molecule has 0 aliphatic carbocycles. The summed E-state index contributed by atoms with van der Waals surface area (Å²) < 4.78 is 1.94. The second kappa shape index (κ2) is 9.15. The van der Waals surface area contributed by atoms with Gasteiger partial charge in [0, 0.05) is 31.6 Å². The van der Waals surface area contributed by atoms with Crippen LogP contribution < -0.4 is 11.0 Å². The second-order valence-corrected chi connectivity index (χ2v) is 8.56. The molecule has 0 saturated carbocycles. The minimum absolute atomic E-state index is 0.0236. The first kappa shape index (κ1) is 20.7. The molecule has 5 heteroatoms. The number of imidazole rings is 1. The molecule has 32 heavy (non-hydrogen) atoms. The number of benzene rings is 3. The number of aromatic amines is 1. The maximum atomic E-state index is 12.9. The summed E-state index contributed by atoms with van der Waals surface area (Å²) in [6.07, 6.45) is 0.894. The standard InChI is InChI=1S/C27H30N4O/c1-2-25(31-24-16-10-9-15-22(24)29-27(31)32)30-18-17-28-23(19-30)26(20-11-5-3-6-12-20)21-13-7-4-8-14-21/h3-16,23,25-26,28H,2,17-19H2,1H3,(H,29,32). The van der Waals surface area contributed by atoms with Crippen molar-refractivity contribution in [3.05, 3.63) is 107 Å². The molecule has 0 radical (unpaired) electrons. The van der Waals surface area contributed by atoms with Crippen molar-refractivity contribution in [2.75, 3.05) is 19.6 Å². The number of nitrogens with zero attached hydrogens (tertiary/aromatic N) is 2. The highest BCUT2D eigenvalue weighted by atomic mass is 16.1. The number of aromatic nitrogens is 2. The highest BCUT2D eigenvalue weighted by Gasteiger charge is 2.33. The van der Waals surface area contributed by atoms with Gasteiger partial charge in [0.1, 0.15) is 0 Å². The molecule has 1 aliphatic heterocycles. The van der Waals surface area contributed by atoms with E-state index in [1.807, 2.05) is 28.8 Å². The largest absolute Gasteiger partial charge is 0.327 e. The Morgan fingerprint density at radius 1 is 0.906 bits per heavy atom. The summed E-state index contributed by atoms with van der Waals surface area (Å²) in [5, 5.41) is 3.79. The predicted molar refractivity (Wildman–Crippen MR) is 130 cm³/mol. The van der Waals surface area contributed by atoms with Gasteiger partial charge in [-0.15, -0.1) is 0 Å². The third-order valence-electron chi connectivity index (χ3n) is 6.67. The number of nitrogens with one attached hydrogen (secondary N) is 2. The number of H-pyrrole nitrogens is 1. The number of hydrogen-bond acceptors (Lipinski definition) is 3. The monoisotopic (exact) mass is 426 g/mol. The summed E-state index contributed by atoms with van der Waals surface area (Å²) in [5.41, 5.74) is 4.47. The van der Waals surface area contributed by atoms with Crippen LogP contribution in [0.5, 0.6) is 0 Å². The fourth-order valence-electron chi connectivity index (χ4n) is 5.25. The fourth-order valence-corrected chi connectivity index (χ4v) is 5.25. The van der Waals surface area contributed by atoms with Crippen LogP contribution in [0.15, 0.2) is 89.7 Å². The van der Waals surface area contributed by atoms with Crippen LogP contribution in [-0.4, -0.2) is 40.1 Å². The maximum Gasteiger partial charge on any atom is 0.327 e. The Morgan fingerprint density at radius 2 is 1.53 bits per heavy atom. The van der Waals surface area contributed by atoms with E-state index < -0.39 is 0 Å². The average molecular weight is 427 g/mol. The van der Waals surface area contributed by atoms with Gasteiger partial charge in [-0.05, 0) is 29.7 Å². The summed E-state index contributed by atoms with van der Waals surface area (Å²) >= 11 is 0. The van der Waals surface area contributed by atoms with Crippen LogP contribution in [0.25, 0.3) is 11.0 Å². The maximum absolute atomic E-state index is 12.9. The molecular formula is C27H30N4O. The molecule has 0 bridgehead atoms. The van der Waals surface area contributed by atoms with Crippen LogP contribution in [0.4, 0.5) is 0 Å². The van der Waals surface area contributed by atoms with E-state index in [2.05, 4.69) is 82.8 Å². The molecule has 5 rings (SSSR count). The zero-order valence-electron chi connectivity index (χ0n) is 18.4. The van der Waals surface area contributed by atoms with Gasteiger partial charge >= 0.3 is 5.69 Å². The first-order valence-electron chi connectivity index (χ1n) is 11.5. The van der Waals surface area contributed by atoms with Crippen molar-refractivity contribution in [2.24, 2.45) is 0 Å². The molecule has 1 saturated heterocycles. The molecule has 2 unspecified atom stereocenters. The van der Waals surface area contributed by atoms with Crippen LogP contribution in [-0.2, 0) is 0 Å². The minimum atomic E-state index is -0.0317. The van der Waals surface area contributed by atoms with E-state index in [0.29, 0.717) is 0 Å². The van der Waals surface area contributed by atoms with Crippen LogP contribution in [0.1, 0.15) is 36.6 Å². The van der Waals surface area contributed by atoms with E-state index in [1.54, 1.807) is 0 Å². The molecule has 164 valence electrons. The lowest BCUT2D eigenvalue weighted by atomic mass is 9.84. The molecule has 2 heterocycles. The first-order chi connectivity index (χ1) is 15.8. The SMILES string of the molecule is CCC(N1CCNC(C(c2ccccc2)c2ccccc2)C1)n1c(=O)[nH]c2ccccc21. The van der Waals surface area contributed by atoms with Gasteiger partial charge in [0.15, 0.2) is 0 Å². The van der Waals surface area contributed by atoms with Gasteiger partial charge in [-0.2, -0.15) is 0 Å². The van der Waals surface area contributed by atoms with Gasteiger partial charge in [0.05, 0.1) is 17.2 Å². The molecule has 3 aromatic carbocycles. The molecule has 5 nitrogen and oxygen atoms in total. The Labute approximate surface area is 188 Å². The summed E-state index contributed by atoms with van der Waals surface area (Å²) in [7, 11) is 0. The highest BCUT2D eigenvalue weighted by molar-refractivity contribution is 5.75. The predicted octanol–water partition coefficient (Wildman–Crippen LogP) is 4.34. The van der Waals surface area contributed by atoms with Crippen LogP contribution >= 0.6 is 0 Å². The topological polar surface area (TPSA) is 53.1 Å². The van der Waals surface area contributed by atoms with Gasteiger partial charge in [0.2, 0.25) is 0 Å². The van der Waals surface area contributed by atoms with Crippen LogP contribution in [0.3, 0.4) is 0 Å². The summed E-state index contributed by atoms with van der Waals surface area (Å²) in [5.74, 6) is 0.248.